The van der Waals surface area contributed by atoms with Gasteiger partial charge in [0.2, 0.25) is 0 Å². The average Bonchev–Trinajstić information content (AvgIpc) is 2.80. The summed E-state index contributed by atoms with van der Waals surface area (Å²) in [6, 6.07) is 4.46. The Kier molecular flexibility index (Phi) is 13.5. The second-order valence-electron chi connectivity index (χ2n) is 8.87. The van der Waals surface area contributed by atoms with E-state index in [2.05, 4.69) is 4.74 Å². The maximum Gasteiger partial charge on any atom is 0.508 e. The third kappa shape index (κ3) is 11.1. The molecule has 0 saturated carbocycles. The van der Waals surface area contributed by atoms with E-state index in [-0.39, 0.29) is 37.2 Å². The van der Waals surface area contributed by atoms with Gasteiger partial charge in [-0.3, -0.25) is 14.4 Å². The van der Waals surface area contributed by atoms with Crippen LogP contribution in [0.4, 0.5) is 4.79 Å². The van der Waals surface area contributed by atoms with E-state index in [1.54, 1.807) is 6.07 Å². The fraction of sp³-hybridized carbons (Fsp3) is 0.615. The number of carbonyl (C=O) groups is 4. The Hall–Kier alpha value is -3.14. The summed E-state index contributed by atoms with van der Waals surface area (Å²) in [5.41, 5.74) is 4.83. The molecular formula is C26H39NO9. The maximum absolute atomic E-state index is 12.4. The van der Waals surface area contributed by atoms with Crippen molar-refractivity contribution in [3.8, 4) is 11.5 Å². The molecule has 1 aromatic carbocycles. The normalized spacial score (nSPS) is 13.2. The van der Waals surface area contributed by atoms with E-state index in [0.717, 1.165) is 32.8 Å². The highest BCUT2D eigenvalue weighted by molar-refractivity contribution is 5.79. The zero-order valence-electron chi connectivity index (χ0n) is 21.7. The van der Waals surface area contributed by atoms with Gasteiger partial charge in [0, 0.05) is 25.7 Å². The lowest BCUT2D eigenvalue weighted by molar-refractivity contribution is -0.144. The first-order valence-electron chi connectivity index (χ1n) is 12.4. The summed E-state index contributed by atoms with van der Waals surface area (Å²) in [7, 11) is 1.14. The number of aliphatic carboxylic acids is 1. The van der Waals surface area contributed by atoms with Gasteiger partial charge in [0.1, 0.15) is 11.6 Å². The van der Waals surface area contributed by atoms with Gasteiger partial charge in [-0.05, 0) is 37.5 Å². The van der Waals surface area contributed by atoms with Gasteiger partial charge < -0.3 is 29.8 Å². The van der Waals surface area contributed by atoms with Gasteiger partial charge in [0.05, 0.1) is 7.11 Å². The molecule has 0 aromatic heterocycles. The molecule has 0 aliphatic rings. The second-order valence-corrected chi connectivity index (χ2v) is 8.87. The summed E-state index contributed by atoms with van der Waals surface area (Å²) in [4.78, 5) is 48.0. The molecule has 1 unspecified atom stereocenters. The van der Waals surface area contributed by atoms with Gasteiger partial charge in [0.25, 0.3) is 0 Å². The Balaban J connectivity index is 3.13. The Morgan fingerprint density at radius 3 is 2.00 bits per heavy atom. The number of carboxylic acids is 1. The second kappa shape index (κ2) is 15.8. The molecule has 1 aromatic rings. The summed E-state index contributed by atoms with van der Waals surface area (Å²) < 4.78 is 20.3. The molecule has 0 aliphatic heterocycles. The van der Waals surface area contributed by atoms with Crippen molar-refractivity contribution in [3.63, 3.8) is 0 Å². The summed E-state index contributed by atoms with van der Waals surface area (Å²) in [6.45, 7) is 5.55. The van der Waals surface area contributed by atoms with Crippen LogP contribution in [0, 0.1) is 0 Å². The molecule has 202 valence electrons. The number of esters is 2. The van der Waals surface area contributed by atoms with Crippen LogP contribution in [-0.4, -0.2) is 47.9 Å². The highest BCUT2D eigenvalue weighted by Gasteiger charge is 2.37. The summed E-state index contributed by atoms with van der Waals surface area (Å²) in [5, 5.41) is 9.79. The van der Waals surface area contributed by atoms with Gasteiger partial charge in [-0.2, -0.15) is 0 Å². The molecule has 0 fully saturated rings. The largest absolute Gasteiger partial charge is 0.508 e. The first-order valence-corrected chi connectivity index (χ1v) is 12.4. The van der Waals surface area contributed by atoms with Crippen LogP contribution in [0.2, 0.25) is 0 Å². The molecule has 0 aliphatic carbocycles. The van der Waals surface area contributed by atoms with Crippen molar-refractivity contribution in [1.82, 2.24) is 0 Å². The Morgan fingerprint density at radius 1 is 0.944 bits per heavy atom. The maximum atomic E-state index is 12.4. The monoisotopic (exact) mass is 509 g/mol. The van der Waals surface area contributed by atoms with E-state index >= 15 is 0 Å². The molecular weight excluding hydrogens is 470 g/mol. The molecule has 0 bridgehead atoms. The zero-order valence-corrected chi connectivity index (χ0v) is 21.7. The van der Waals surface area contributed by atoms with E-state index in [1.807, 2.05) is 13.8 Å². The number of hydrogen-bond acceptors (Lipinski definition) is 9. The van der Waals surface area contributed by atoms with Gasteiger partial charge in [-0.1, -0.05) is 45.6 Å². The predicted octanol–water partition coefficient (Wildman–Crippen LogP) is 4.54. The van der Waals surface area contributed by atoms with Crippen molar-refractivity contribution in [1.29, 1.82) is 0 Å². The summed E-state index contributed by atoms with van der Waals surface area (Å²) in [5.74, 6) is -2.14. The van der Waals surface area contributed by atoms with Crippen molar-refractivity contribution in [3.05, 3.63) is 23.8 Å². The van der Waals surface area contributed by atoms with E-state index in [9.17, 15) is 24.3 Å². The lowest BCUT2D eigenvalue weighted by atomic mass is 9.86. The number of carboxylic acid groups (broad SMARTS) is 1. The highest BCUT2D eigenvalue weighted by Crippen LogP contribution is 2.31. The molecule has 0 heterocycles. The number of unbranched alkanes of at least 4 members (excludes halogenated alkanes) is 4. The number of benzene rings is 1. The van der Waals surface area contributed by atoms with Gasteiger partial charge in [-0.15, -0.1) is 0 Å². The van der Waals surface area contributed by atoms with E-state index in [1.165, 1.54) is 19.1 Å². The third-order valence-corrected chi connectivity index (χ3v) is 5.49. The van der Waals surface area contributed by atoms with Crippen molar-refractivity contribution < 1.29 is 43.2 Å². The van der Waals surface area contributed by atoms with Gasteiger partial charge >= 0.3 is 24.1 Å². The van der Waals surface area contributed by atoms with Crippen LogP contribution >= 0.6 is 0 Å². The lowest BCUT2D eigenvalue weighted by Crippen LogP contribution is -2.52. The van der Waals surface area contributed by atoms with E-state index in [4.69, 9.17) is 19.9 Å². The molecule has 0 saturated heterocycles. The minimum Gasteiger partial charge on any atom is -0.480 e. The molecule has 10 heteroatoms. The SMILES string of the molecule is CCCCCC(=O)Oc1ccc(CC(N)(C[C@H](C)OC(=O)OC)C(=O)O)cc1OC(=O)CCCCC. The smallest absolute Gasteiger partial charge is 0.480 e. The Bertz CT molecular complexity index is 886. The number of ether oxygens (including phenoxy) is 4. The highest BCUT2D eigenvalue weighted by atomic mass is 16.7. The van der Waals surface area contributed by atoms with Crippen molar-refractivity contribution in [2.24, 2.45) is 5.73 Å². The van der Waals surface area contributed by atoms with Crippen molar-refractivity contribution in [2.45, 2.75) is 96.6 Å². The van der Waals surface area contributed by atoms with Crippen LogP contribution in [0.25, 0.3) is 0 Å². The summed E-state index contributed by atoms with van der Waals surface area (Å²) in [6.07, 6.45) is 3.27. The van der Waals surface area contributed by atoms with Crippen LogP contribution in [0.5, 0.6) is 11.5 Å². The number of methoxy groups -OCH3 is 1. The van der Waals surface area contributed by atoms with Gasteiger partial charge in [0.15, 0.2) is 11.5 Å². The minimum atomic E-state index is -1.80. The molecule has 0 amide bonds. The van der Waals surface area contributed by atoms with Crippen LogP contribution < -0.4 is 15.2 Å². The van der Waals surface area contributed by atoms with Gasteiger partial charge in [-0.25, -0.2) is 4.79 Å². The summed E-state index contributed by atoms with van der Waals surface area (Å²) >= 11 is 0. The molecule has 10 nitrogen and oxygen atoms in total. The van der Waals surface area contributed by atoms with E-state index < -0.39 is 35.7 Å². The van der Waals surface area contributed by atoms with Crippen LogP contribution in [0.15, 0.2) is 18.2 Å². The minimum absolute atomic E-state index is 0.0180. The Labute approximate surface area is 212 Å². The molecule has 0 radical (unpaired) electrons. The number of hydrogen-bond donors (Lipinski definition) is 2. The van der Waals surface area contributed by atoms with Crippen LogP contribution in [0.3, 0.4) is 0 Å². The fourth-order valence-electron chi connectivity index (χ4n) is 3.58. The standard InChI is InChI=1S/C26H39NO9/c1-5-7-9-11-22(28)35-20-14-13-19(15-21(20)36-23(29)12-10-8-6-2)17-26(27,24(30)31)16-18(3)34-25(32)33-4/h13-15,18H,5-12,16-17,27H2,1-4H3,(H,30,31)/t18-,26?/m0/s1. The molecule has 1 rings (SSSR count). The first kappa shape index (κ1) is 30.9. The number of carbonyl (C=O) groups excluding carboxylic acids is 3. The van der Waals surface area contributed by atoms with Crippen molar-refractivity contribution >= 4 is 24.1 Å². The third-order valence-electron chi connectivity index (χ3n) is 5.49. The topological polar surface area (TPSA) is 151 Å². The number of rotatable bonds is 16. The zero-order chi connectivity index (χ0) is 27.1. The quantitative estimate of drug-likeness (QED) is 0.184. The average molecular weight is 510 g/mol. The predicted molar refractivity (Wildman–Crippen MR) is 132 cm³/mol. The number of nitrogens with two attached hydrogens (primary N) is 1. The molecule has 36 heavy (non-hydrogen) atoms. The van der Waals surface area contributed by atoms with Crippen LogP contribution in [-0.2, 0) is 30.3 Å². The first-order chi connectivity index (χ1) is 17.0. The van der Waals surface area contributed by atoms with Crippen LogP contribution in [0.1, 0.15) is 84.1 Å². The van der Waals surface area contributed by atoms with E-state index in [0.29, 0.717) is 18.4 Å². The Morgan fingerprint density at radius 2 is 1.50 bits per heavy atom. The molecule has 2 atom stereocenters. The lowest BCUT2D eigenvalue weighted by Gasteiger charge is -2.27. The molecule has 3 N–H and O–H groups in total. The molecule has 0 spiro atoms. The fourth-order valence-corrected chi connectivity index (χ4v) is 3.58. The van der Waals surface area contributed by atoms with Crippen molar-refractivity contribution in [2.75, 3.05) is 7.11 Å².